The summed E-state index contributed by atoms with van der Waals surface area (Å²) in [7, 11) is 2.14. The van der Waals surface area contributed by atoms with Gasteiger partial charge < -0.3 is 4.90 Å². The number of likely N-dealkylation sites (N-methyl/N-ethyl adjacent to an activating group) is 1. The number of anilines is 1. The molecule has 0 bridgehead atoms. The molecule has 3 aromatic heterocycles. The third-order valence-corrected chi connectivity index (χ3v) is 4.78. The number of fused-ring (bicyclic) bond motifs is 1. The molecule has 0 aliphatic carbocycles. The Bertz CT molecular complexity index is 892. The Balaban J connectivity index is 1.45. The standard InChI is InChI=1S/C18H24N8/c1-18(2,3)17-22-21-15-5-6-16(23-26(15)17)25-10-14(11-25)24(4)9-13-7-8-19-12-20-13/h5-8,12,14H,9-11H2,1-4H3. The first-order valence-electron chi connectivity index (χ1n) is 8.85. The number of aromatic nitrogens is 6. The van der Waals surface area contributed by atoms with Gasteiger partial charge >= 0.3 is 0 Å². The van der Waals surface area contributed by atoms with Gasteiger partial charge in [-0.2, -0.15) is 4.52 Å². The van der Waals surface area contributed by atoms with E-state index in [4.69, 9.17) is 5.10 Å². The van der Waals surface area contributed by atoms with Gasteiger partial charge in [0.2, 0.25) is 0 Å². The number of rotatable bonds is 4. The summed E-state index contributed by atoms with van der Waals surface area (Å²) in [6.07, 6.45) is 3.38. The van der Waals surface area contributed by atoms with E-state index >= 15 is 0 Å². The van der Waals surface area contributed by atoms with Crippen LogP contribution in [0.3, 0.4) is 0 Å². The van der Waals surface area contributed by atoms with E-state index in [1.54, 1.807) is 12.5 Å². The molecule has 0 N–H and O–H groups in total. The largest absolute Gasteiger partial charge is 0.352 e. The Morgan fingerprint density at radius 2 is 1.96 bits per heavy atom. The summed E-state index contributed by atoms with van der Waals surface area (Å²) >= 11 is 0. The lowest BCUT2D eigenvalue weighted by molar-refractivity contribution is 0.194. The molecular weight excluding hydrogens is 328 g/mol. The van der Waals surface area contributed by atoms with Crippen LogP contribution in [-0.2, 0) is 12.0 Å². The summed E-state index contributed by atoms with van der Waals surface area (Å²) in [5.41, 5.74) is 1.73. The summed E-state index contributed by atoms with van der Waals surface area (Å²) in [6, 6.07) is 6.47. The molecule has 0 atom stereocenters. The molecule has 1 aliphatic heterocycles. The number of hydrogen-bond acceptors (Lipinski definition) is 7. The van der Waals surface area contributed by atoms with Crippen molar-refractivity contribution in [1.82, 2.24) is 34.7 Å². The van der Waals surface area contributed by atoms with Crippen molar-refractivity contribution in [2.75, 3.05) is 25.0 Å². The van der Waals surface area contributed by atoms with Crippen LogP contribution < -0.4 is 4.90 Å². The normalized spacial score (nSPS) is 15.7. The van der Waals surface area contributed by atoms with Gasteiger partial charge in [-0.05, 0) is 25.2 Å². The molecule has 0 radical (unpaired) electrons. The van der Waals surface area contributed by atoms with Crippen molar-refractivity contribution in [3.8, 4) is 0 Å². The second-order valence-corrected chi connectivity index (χ2v) is 7.91. The van der Waals surface area contributed by atoms with E-state index in [-0.39, 0.29) is 5.41 Å². The van der Waals surface area contributed by atoms with Crippen molar-refractivity contribution in [2.45, 2.75) is 38.8 Å². The summed E-state index contributed by atoms with van der Waals surface area (Å²) < 4.78 is 1.87. The molecule has 8 nitrogen and oxygen atoms in total. The monoisotopic (exact) mass is 352 g/mol. The van der Waals surface area contributed by atoms with Gasteiger partial charge in [0.15, 0.2) is 11.5 Å². The van der Waals surface area contributed by atoms with Gasteiger partial charge in [0.25, 0.3) is 0 Å². The van der Waals surface area contributed by atoms with Crippen molar-refractivity contribution in [3.63, 3.8) is 0 Å². The van der Waals surface area contributed by atoms with Crippen LogP contribution in [0.1, 0.15) is 32.3 Å². The first kappa shape index (κ1) is 16.8. The van der Waals surface area contributed by atoms with Crippen LogP contribution in [0.2, 0.25) is 0 Å². The highest BCUT2D eigenvalue weighted by molar-refractivity contribution is 5.48. The van der Waals surface area contributed by atoms with Gasteiger partial charge in [0, 0.05) is 37.3 Å². The fourth-order valence-corrected chi connectivity index (χ4v) is 3.13. The Hall–Kier alpha value is -2.61. The van der Waals surface area contributed by atoms with Crippen LogP contribution in [0.5, 0.6) is 0 Å². The summed E-state index contributed by atoms with van der Waals surface area (Å²) in [5, 5.41) is 13.3. The van der Waals surface area contributed by atoms with Gasteiger partial charge in [0.1, 0.15) is 12.1 Å². The minimum atomic E-state index is -0.0969. The highest BCUT2D eigenvalue weighted by Crippen LogP contribution is 2.25. The molecular formula is C18H24N8. The van der Waals surface area contributed by atoms with E-state index in [1.165, 1.54) is 0 Å². The maximum atomic E-state index is 4.78. The second kappa shape index (κ2) is 6.28. The number of nitrogens with zero attached hydrogens (tertiary/aromatic N) is 8. The molecule has 4 rings (SSSR count). The Kier molecular flexibility index (Phi) is 4.07. The lowest BCUT2D eigenvalue weighted by Crippen LogP contribution is -2.58. The molecule has 0 amide bonds. The molecule has 0 saturated carbocycles. The lowest BCUT2D eigenvalue weighted by atomic mass is 9.96. The van der Waals surface area contributed by atoms with Crippen molar-refractivity contribution in [2.24, 2.45) is 0 Å². The van der Waals surface area contributed by atoms with Crippen molar-refractivity contribution < 1.29 is 0 Å². The third-order valence-electron chi connectivity index (χ3n) is 4.78. The summed E-state index contributed by atoms with van der Waals surface area (Å²) in [5.74, 6) is 1.85. The first-order valence-corrected chi connectivity index (χ1v) is 8.85. The highest BCUT2D eigenvalue weighted by Gasteiger charge is 2.32. The van der Waals surface area contributed by atoms with E-state index in [2.05, 4.69) is 57.8 Å². The highest BCUT2D eigenvalue weighted by atomic mass is 15.4. The SMILES string of the molecule is CN(Cc1ccncn1)C1CN(c2ccc3nnc(C(C)(C)C)n3n2)C1. The summed E-state index contributed by atoms with van der Waals surface area (Å²) in [4.78, 5) is 12.9. The molecule has 3 aromatic rings. The maximum Gasteiger partial charge on any atom is 0.178 e. The minimum Gasteiger partial charge on any atom is -0.352 e. The van der Waals surface area contributed by atoms with Gasteiger partial charge in [0.05, 0.1) is 5.69 Å². The fourth-order valence-electron chi connectivity index (χ4n) is 3.13. The van der Waals surface area contributed by atoms with Crippen molar-refractivity contribution in [3.05, 3.63) is 42.2 Å². The molecule has 26 heavy (non-hydrogen) atoms. The van der Waals surface area contributed by atoms with Crippen LogP contribution in [0.25, 0.3) is 5.65 Å². The van der Waals surface area contributed by atoms with Crippen LogP contribution in [0, 0.1) is 0 Å². The van der Waals surface area contributed by atoms with Crippen LogP contribution in [-0.4, -0.2) is 60.9 Å². The lowest BCUT2D eigenvalue weighted by Gasteiger charge is -2.44. The zero-order valence-electron chi connectivity index (χ0n) is 15.7. The van der Waals surface area contributed by atoms with Crippen molar-refractivity contribution in [1.29, 1.82) is 0 Å². The average molecular weight is 352 g/mol. The molecule has 8 heteroatoms. The van der Waals surface area contributed by atoms with Gasteiger partial charge in [-0.25, -0.2) is 9.97 Å². The predicted octanol–water partition coefficient (Wildman–Crippen LogP) is 1.53. The average Bonchev–Trinajstić information content (AvgIpc) is 2.98. The van der Waals surface area contributed by atoms with Gasteiger partial charge in [-0.1, -0.05) is 20.8 Å². The molecule has 4 heterocycles. The van der Waals surface area contributed by atoms with E-state index in [9.17, 15) is 0 Å². The third kappa shape index (κ3) is 3.12. The number of hydrogen-bond donors (Lipinski definition) is 0. The van der Waals surface area contributed by atoms with Crippen LogP contribution >= 0.6 is 0 Å². The molecule has 0 spiro atoms. The maximum absolute atomic E-state index is 4.78. The minimum absolute atomic E-state index is 0.0969. The Labute approximate surface area is 152 Å². The molecule has 136 valence electrons. The first-order chi connectivity index (χ1) is 12.4. The molecule has 1 fully saturated rings. The smallest absolute Gasteiger partial charge is 0.178 e. The Morgan fingerprint density at radius 3 is 2.65 bits per heavy atom. The zero-order valence-corrected chi connectivity index (χ0v) is 15.7. The van der Waals surface area contributed by atoms with E-state index < -0.39 is 0 Å². The van der Waals surface area contributed by atoms with E-state index in [1.807, 2.05) is 22.7 Å². The fraction of sp³-hybridized carbons (Fsp3) is 0.500. The van der Waals surface area contributed by atoms with Crippen LogP contribution in [0.4, 0.5) is 5.82 Å². The predicted molar refractivity (Wildman–Crippen MR) is 99.0 cm³/mol. The van der Waals surface area contributed by atoms with Crippen LogP contribution in [0.15, 0.2) is 30.7 Å². The topological polar surface area (TPSA) is 75.3 Å². The second-order valence-electron chi connectivity index (χ2n) is 7.91. The quantitative estimate of drug-likeness (QED) is 0.705. The summed E-state index contributed by atoms with van der Waals surface area (Å²) in [6.45, 7) is 9.10. The molecule has 0 aromatic carbocycles. The Morgan fingerprint density at radius 1 is 1.15 bits per heavy atom. The van der Waals surface area contributed by atoms with E-state index in [0.29, 0.717) is 6.04 Å². The van der Waals surface area contributed by atoms with Gasteiger partial charge in [-0.15, -0.1) is 15.3 Å². The molecule has 0 unspecified atom stereocenters. The molecule has 1 saturated heterocycles. The van der Waals surface area contributed by atoms with E-state index in [0.717, 1.165) is 42.6 Å². The molecule has 1 aliphatic rings. The zero-order chi connectivity index (χ0) is 18.3. The van der Waals surface area contributed by atoms with Crippen molar-refractivity contribution >= 4 is 11.5 Å². The van der Waals surface area contributed by atoms with Gasteiger partial charge in [-0.3, -0.25) is 4.90 Å².